The summed E-state index contributed by atoms with van der Waals surface area (Å²) in [6, 6.07) is 3.82. The van der Waals surface area contributed by atoms with Crippen LogP contribution in [-0.2, 0) is 11.2 Å². The summed E-state index contributed by atoms with van der Waals surface area (Å²) in [5.74, 6) is 0.159. The average molecular weight is 229 g/mol. The van der Waals surface area contributed by atoms with Crippen molar-refractivity contribution in [3.8, 4) is 6.07 Å². The van der Waals surface area contributed by atoms with Gasteiger partial charge in [-0.05, 0) is 18.9 Å². The second kappa shape index (κ2) is 5.53. The van der Waals surface area contributed by atoms with E-state index >= 15 is 0 Å². The number of rotatable bonds is 4. The zero-order valence-electron chi connectivity index (χ0n) is 9.67. The summed E-state index contributed by atoms with van der Waals surface area (Å²) in [5.41, 5.74) is 0. The van der Waals surface area contributed by atoms with Gasteiger partial charge in [0.05, 0.1) is 6.07 Å². The fourth-order valence-electron chi connectivity index (χ4n) is 2.32. The van der Waals surface area contributed by atoms with Crippen molar-refractivity contribution < 1.29 is 4.79 Å². The number of aromatic nitrogens is 2. The molecule has 2 rings (SSSR count). The number of carbonyl (C=O) groups is 1. The van der Waals surface area contributed by atoms with Crippen LogP contribution in [0.5, 0.6) is 0 Å². The summed E-state index contributed by atoms with van der Waals surface area (Å²) in [4.78, 5) is 20.2. The normalized spacial score (nSPS) is 17.6. The Kier molecular flexibility index (Phi) is 3.81. The molecule has 1 saturated carbocycles. The third-order valence-corrected chi connectivity index (χ3v) is 3.26. The van der Waals surface area contributed by atoms with Crippen molar-refractivity contribution in [2.24, 2.45) is 11.8 Å². The largest absolute Gasteiger partial charge is 0.298 e. The third kappa shape index (κ3) is 2.88. The zero-order chi connectivity index (χ0) is 12.1. The SMILES string of the molecule is N#CC(Cc1ncccn1)C(=O)C1CCCC1. The van der Waals surface area contributed by atoms with Gasteiger partial charge in [-0.3, -0.25) is 4.79 Å². The lowest BCUT2D eigenvalue weighted by molar-refractivity contribution is -0.125. The maximum Gasteiger partial charge on any atom is 0.153 e. The Hall–Kier alpha value is -1.76. The maximum absolute atomic E-state index is 12.1. The van der Waals surface area contributed by atoms with E-state index in [-0.39, 0.29) is 11.7 Å². The predicted molar refractivity (Wildman–Crippen MR) is 61.8 cm³/mol. The molecule has 0 aromatic carbocycles. The number of Topliss-reactive ketones (excluding diaryl/α,β-unsaturated/α-hetero) is 1. The van der Waals surface area contributed by atoms with E-state index < -0.39 is 5.92 Å². The Bertz CT molecular complexity index is 418. The van der Waals surface area contributed by atoms with Crippen molar-refractivity contribution in [3.05, 3.63) is 24.3 Å². The van der Waals surface area contributed by atoms with Gasteiger partial charge in [0.1, 0.15) is 11.7 Å². The topological polar surface area (TPSA) is 66.6 Å². The highest BCUT2D eigenvalue weighted by molar-refractivity contribution is 5.85. The molecule has 4 nitrogen and oxygen atoms in total. The van der Waals surface area contributed by atoms with E-state index in [9.17, 15) is 4.79 Å². The van der Waals surface area contributed by atoms with Gasteiger partial charge in [0.2, 0.25) is 0 Å². The molecule has 0 radical (unpaired) electrons. The van der Waals surface area contributed by atoms with Crippen LogP contribution in [0.2, 0.25) is 0 Å². The Morgan fingerprint density at radius 2 is 2.06 bits per heavy atom. The van der Waals surface area contributed by atoms with Crippen LogP contribution < -0.4 is 0 Å². The minimum absolute atomic E-state index is 0.0810. The molecule has 1 aromatic heterocycles. The molecular formula is C13H15N3O. The van der Waals surface area contributed by atoms with E-state index in [4.69, 9.17) is 5.26 Å². The van der Waals surface area contributed by atoms with Crippen LogP contribution in [0.15, 0.2) is 18.5 Å². The van der Waals surface area contributed by atoms with Gasteiger partial charge in [0, 0.05) is 24.7 Å². The first-order valence-corrected chi connectivity index (χ1v) is 6.00. The quantitative estimate of drug-likeness (QED) is 0.791. The minimum atomic E-state index is -0.583. The summed E-state index contributed by atoms with van der Waals surface area (Å²) in [6.45, 7) is 0. The van der Waals surface area contributed by atoms with Crippen LogP contribution in [0.4, 0.5) is 0 Å². The molecule has 1 aliphatic carbocycles. The molecule has 0 amide bonds. The van der Waals surface area contributed by atoms with Crippen LogP contribution in [-0.4, -0.2) is 15.8 Å². The Balaban J connectivity index is 2.02. The highest BCUT2D eigenvalue weighted by atomic mass is 16.1. The predicted octanol–water partition coefficient (Wildman–Crippen LogP) is 1.92. The Labute approximate surface area is 101 Å². The lowest BCUT2D eigenvalue weighted by Crippen LogP contribution is -2.23. The fraction of sp³-hybridized carbons (Fsp3) is 0.538. The molecule has 0 aliphatic heterocycles. The van der Waals surface area contributed by atoms with Gasteiger partial charge < -0.3 is 0 Å². The zero-order valence-corrected chi connectivity index (χ0v) is 9.67. The molecular weight excluding hydrogens is 214 g/mol. The van der Waals surface area contributed by atoms with Gasteiger partial charge in [-0.1, -0.05) is 12.8 Å². The summed E-state index contributed by atoms with van der Waals surface area (Å²) in [7, 11) is 0. The van der Waals surface area contributed by atoms with Crippen LogP contribution in [0.3, 0.4) is 0 Å². The van der Waals surface area contributed by atoms with E-state index in [1.165, 1.54) is 0 Å². The van der Waals surface area contributed by atoms with Gasteiger partial charge in [-0.2, -0.15) is 5.26 Å². The van der Waals surface area contributed by atoms with E-state index in [0.717, 1.165) is 25.7 Å². The highest BCUT2D eigenvalue weighted by Gasteiger charge is 2.29. The van der Waals surface area contributed by atoms with E-state index in [2.05, 4.69) is 16.0 Å². The molecule has 1 aromatic rings. The number of ketones is 1. The Morgan fingerprint density at radius 1 is 1.41 bits per heavy atom. The first kappa shape index (κ1) is 11.7. The van der Waals surface area contributed by atoms with Crippen molar-refractivity contribution in [2.45, 2.75) is 32.1 Å². The number of carbonyl (C=O) groups excluding carboxylic acids is 1. The van der Waals surface area contributed by atoms with Gasteiger partial charge >= 0.3 is 0 Å². The second-order valence-corrected chi connectivity index (χ2v) is 4.43. The van der Waals surface area contributed by atoms with Gasteiger partial charge in [0.25, 0.3) is 0 Å². The lowest BCUT2D eigenvalue weighted by Gasteiger charge is -2.12. The van der Waals surface area contributed by atoms with E-state index in [0.29, 0.717) is 12.2 Å². The molecule has 17 heavy (non-hydrogen) atoms. The van der Waals surface area contributed by atoms with Crippen LogP contribution in [0, 0.1) is 23.2 Å². The second-order valence-electron chi connectivity index (χ2n) is 4.43. The molecule has 1 atom stereocenters. The summed E-state index contributed by atoms with van der Waals surface area (Å²) < 4.78 is 0. The van der Waals surface area contributed by atoms with Crippen LogP contribution in [0.1, 0.15) is 31.5 Å². The molecule has 0 bridgehead atoms. The molecule has 88 valence electrons. The Morgan fingerprint density at radius 3 is 2.65 bits per heavy atom. The highest BCUT2D eigenvalue weighted by Crippen LogP contribution is 2.28. The monoisotopic (exact) mass is 229 g/mol. The van der Waals surface area contributed by atoms with Crippen LogP contribution in [0.25, 0.3) is 0 Å². The van der Waals surface area contributed by atoms with Crippen molar-refractivity contribution in [1.29, 1.82) is 5.26 Å². The van der Waals surface area contributed by atoms with E-state index in [1.54, 1.807) is 18.5 Å². The van der Waals surface area contributed by atoms with Crippen molar-refractivity contribution >= 4 is 5.78 Å². The van der Waals surface area contributed by atoms with Crippen LogP contribution >= 0.6 is 0 Å². The van der Waals surface area contributed by atoms with Gasteiger partial charge in [-0.15, -0.1) is 0 Å². The lowest BCUT2D eigenvalue weighted by atomic mass is 9.90. The number of hydrogen-bond acceptors (Lipinski definition) is 4. The standard InChI is InChI=1S/C13H15N3O/c14-9-11(8-12-15-6-3-7-16-12)13(17)10-4-1-2-5-10/h3,6-7,10-11H,1-2,4-5,8H2. The first-order chi connectivity index (χ1) is 8.31. The summed E-state index contributed by atoms with van der Waals surface area (Å²) in [5, 5.41) is 9.09. The van der Waals surface area contributed by atoms with Gasteiger partial charge in [0.15, 0.2) is 5.78 Å². The number of hydrogen-bond donors (Lipinski definition) is 0. The third-order valence-electron chi connectivity index (χ3n) is 3.26. The summed E-state index contributed by atoms with van der Waals surface area (Å²) in [6.07, 6.45) is 7.70. The maximum atomic E-state index is 12.1. The van der Waals surface area contributed by atoms with Crippen molar-refractivity contribution in [1.82, 2.24) is 9.97 Å². The average Bonchev–Trinajstić information content (AvgIpc) is 2.90. The van der Waals surface area contributed by atoms with Gasteiger partial charge in [-0.25, -0.2) is 9.97 Å². The number of nitriles is 1. The first-order valence-electron chi connectivity index (χ1n) is 6.00. The smallest absolute Gasteiger partial charge is 0.153 e. The molecule has 0 saturated heterocycles. The fourth-order valence-corrected chi connectivity index (χ4v) is 2.32. The van der Waals surface area contributed by atoms with Crippen molar-refractivity contribution in [2.75, 3.05) is 0 Å². The molecule has 0 spiro atoms. The molecule has 1 heterocycles. The molecule has 1 unspecified atom stereocenters. The minimum Gasteiger partial charge on any atom is -0.298 e. The molecule has 4 heteroatoms. The molecule has 1 fully saturated rings. The van der Waals surface area contributed by atoms with Crippen molar-refractivity contribution in [3.63, 3.8) is 0 Å². The number of nitrogens with zero attached hydrogens (tertiary/aromatic N) is 3. The molecule has 0 N–H and O–H groups in total. The summed E-state index contributed by atoms with van der Waals surface area (Å²) >= 11 is 0. The molecule has 1 aliphatic rings. The van der Waals surface area contributed by atoms with E-state index in [1.807, 2.05) is 0 Å².